The van der Waals surface area contributed by atoms with Crippen LogP contribution in [0.3, 0.4) is 0 Å². The number of amides is 1. The molecule has 0 spiro atoms. The molecular formula is C23H39N3O2. The summed E-state index contributed by atoms with van der Waals surface area (Å²) >= 11 is 0. The monoisotopic (exact) mass is 389 g/mol. The summed E-state index contributed by atoms with van der Waals surface area (Å²) in [6, 6.07) is 7.81. The third-order valence-electron chi connectivity index (χ3n) is 6.04. The highest BCUT2D eigenvalue weighted by atomic mass is 16.5. The number of methoxy groups -OCH3 is 1. The number of rotatable bonds is 11. The Morgan fingerprint density at radius 2 is 1.93 bits per heavy atom. The SMILES string of the molecule is CCN(CC)CCCC1CCN(CC(=O)NC(C)c2ccccc2OC)CC1. The van der Waals surface area contributed by atoms with Gasteiger partial charge in [-0.1, -0.05) is 32.0 Å². The Morgan fingerprint density at radius 3 is 2.57 bits per heavy atom. The Kier molecular flexibility index (Phi) is 9.79. The molecule has 1 aromatic rings. The molecular weight excluding hydrogens is 350 g/mol. The average Bonchev–Trinajstić information content (AvgIpc) is 2.72. The summed E-state index contributed by atoms with van der Waals surface area (Å²) in [5.74, 6) is 1.74. The van der Waals surface area contributed by atoms with Crippen molar-refractivity contribution < 1.29 is 9.53 Å². The van der Waals surface area contributed by atoms with Crippen molar-refractivity contribution in [2.24, 2.45) is 5.92 Å². The van der Waals surface area contributed by atoms with Crippen molar-refractivity contribution in [3.8, 4) is 5.75 Å². The molecule has 0 bridgehead atoms. The van der Waals surface area contributed by atoms with Crippen LogP contribution in [0.15, 0.2) is 24.3 Å². The number of nitrogens with one attached hydrogen (secondary N) is 1. The second kappa shape index (κ2) is 12.1. The number of carbonyl (C=O) groups excluding carboxylic acids is 1. The van der Waals surface area contributed by atoms with Crippen LogP contribution in [0.4, 0.5) is 0 Å². The maximum absolute atomic E-state index is 12.5. The molecule has 1 aromatic carbocycles. The fourth-order valence-electron chi connectivity index (χ4n) is 4.17. The van der Waals surface area contributed by atoms with Crippen LogP contribution in [0.5, 0.6) is 5.75 Å². The molecule has 0 saturated carbocycles. The summed E-state index contributed by atoms with van der Waals surface area (Å²) < 4.78 is 5.41. The molecule has 0 radical (unpaired) electrons. The van der Waals surface area contributed by atoms with Crippen molar-refractivity contribution in [1.82, 2.24) is 15.1 Å². The smallest absolute Gasteiger partial charge is 0.234 e. The summed E-state index contributed by atoms with van der Waals surface area (Å²) in [6.07, 6.45) is 5.05. The number of hydrogen-bond donors (Lipinski definition) is 1. The number of hydrogen-bond acceptors (Lipinski definition) is 4. The summed E-state index contributed by atoms with van der Waals surface area (Å²) in [7, 11) is 1.67. The average molecular weight is 390 g/mol. The number of likely N-dealkylation sites (tertiary alicyclic amines) is 1. The second-order valence-electron chi connectivity index (χ2n) is 7.92. The maximum Gasteiger partial charge on any atom is 0.234 e. The van der Waals surface area contributed by atoms with Crippen LogP contribution in [0, 0.1) is 5.92 Å². The quantitative estimate of drug-likeness (QED) is 0.627. The molecule has 28 heavy (non-hydrogen) atoms. The largest absolute Gasteiger partial charge is 0.496 e. The summed E-state index contributed by atoms with van der Waals surface area (Å²) in [5, 5.41) is 3.12. The molecule has 1 aliphatic rings. The summed E-state index contributed by atoms with van der Waals surface area (Å²) in [6.45, 7) is 12.6. The van der Waals surface area contributed by atoms with Gasteiger partial charge in [-0.2, -0.15) is 0 Å². The van der Waals surface area contributed by atoms with E-state index >= 15 is 0 Å². The lowest BCUT2D eigenvalue weighted by Gasteiger charge is -2.32. The van der Waals surface area contributed by atoms with Crippen LogP contribution < -0.4 is 10.1 Å². The molecule has 0 aliphatic carbocycles. The van der Waals surface area contributed by atoms with Crippen molar-refractivity contribution in [2.45, 2.75) is 52.5 Å². The van der Waals surface area contributed by atoms with Crippen molar-refractivity contribution in [3.63, 3.8) is 0 Å². The lowest BCUT2D eigenvalue weighted by molar-refractivity contribution is -0.123. The molecule has 1 aliphatic heterocycles. The van der Waals surface area contributed by atoms with Gasteiger partial charge < -0.3 is 15.0 Å². The van der Waals surface area contributed by atoms with Gasteiger partial charge in [-0.05, 0) is 77.3 Å². The molecule has 5 heteroatoms. The van der Waals surface area contributed by atoms with Gasteiger partial charge in [-0.25, -0.2) is 0 Å². The first-order valence-corrected chi connectivity index (χ1v) is 10.9. The Hall–Kier alpha value is -1.59. The zero-order valence-electron chi connectivity index (χ0n) is 18.2. The molecule has 0 aromatic heterocycles. The van der Waals surface area contributed by atoms with Crippen molar-refractivity contribution in [3.05, 3.63) is 29.8 Å². The Morgan fingerprint density at radius 1 is 1.25 bits per heavy atom. The fourth-order valence-corrected chi connectivity index (χ4v) is 4.17. The van der Waals surface area contributed by atoms with E-state index in [1.165, 1.54) is 32.2 Å². The van der Waals surface area contributed by atoms with Gasteiger partial charge in [0.25, 0.3) is 0 Å². The molecule has 1 saturated heterocycles. The van der Waals surface area contributed by atoms with E-state index in [-0.39, 0.29) is 11.9 Å². The van der Waals surface area contributed by atoms with E-state index in [9.17, 15) is 4.79 Å². The van der Waals surface area contributed by atoms with E-state index in [2.05, 4.69) is 29.0 Å². The van der Waals surface area contributed by atoms with Gasteiger partial charge in [0.1, 0.15) is 5.75 Å². The predicted octanol–water partition coefficient (Wildman–Crippen LogP) is 3.71. The highest BCUT2D eigenvalue weighted by Crippen LogP contribution is 2.25. The van der Waals surface area contributed by atoms with Gasteiger partial charge >= 0.3 is 0 Å². The molecule has 1 heterocycles. The minimum atomic E-state index is -0.0544. The number of para-hydroxylation sites is 1. The molecule has 1 unspecified atom stereocenters. The standard InChI is InChI=1S/C23H39N3O2/c1-5-25(6-2)15-9-10-20-13-16-26(17-14-20)18-23(27)24-19(3)21-11-7-8-12-22(21)28-4/h7-8,11-12,19-20H,5-6,9-10,13-18H2,1-4H3,(H,24,27). The summed E-state index contributed by atoms with van der Waals surface area (Å²) in [5.41, 5.74) is 1.02. The van der Waals surface area contributed by atoms with E-state index in [4.69, 9.17) is 4.74 Å². The number of piperidine rings is 1. The zero-order valence-corrected chi connectivity index (χ0v) is 18.2. The number of carbonyl (C=O) groups is 1. The first kappa shape index (κ1) is 22.7. The first-order chi connectivity index (χ1) is 13.6. The molecule has 1 N–H and O–H groups in total. The second-order valence-corrected chi connectivity index (χ2v) is 7.92. The topological polar surface area (TPSA) is 44.8 Å². The van der Waals surface area contributed by atoms with Crippen molar-refractivity contribution in [1.29, 1.82) is 0 Å². The van der Waals surface area contributed by atoms with Crippen LogP contribution in [-0.2, 0) is 4.79 Å². The van der Waals surface area contributed by atoms with E-state index < -0.39 is 0 Å². The molecule has 1 amide bonds. The zero-order chi connectivity index (χ0) is 20.4. The van der Waals surface area contributed by atoms with Gasteiger partial charge in [-0.15, -0.1) is 0 Å². The predicted molar refractivity (Wildman–Crippen MR) is 116 cm³/mol. The van der Waals surface area contributed by atoms with Crippen LogP contribution in [0.25, 0.3) is 0 Å². The lowest BCUT2D eigenvalue weighted by Crippen LogP contribution is -2.42. The molecule has 1 atom stereocenters. The lowest BCUT2D eigenvalue weighted by atomic mass is 9.92. The van der Waals surface area contributed by atoms with Gasteiger partial charge in [-0.3, -0.25) is 9.69 Å². The molecule has 5 nitrogen and oxygen atoms in total. The fraction of sp³-hybridized carbons (Fsp3) is 0.696. The Balaban J connectivity index is 1.69. The third-order valence-corrected chi connectivity index (χ3v) is 6.04. The van der Waals surface area contributed by atoms with Gasteiger partial charge in [0.15, 0.2) is 0 Å². The van der Waals surface area contributed by atoms with Crippen LogP contribution >= 0.6 is 0 Å². The van der Waals surface area contributed by atoms with E-state index in [1.807, 2.05) is 31.2 Å². The van der Waals surface area contributed by atoms with E-state index in [1.54, 1.807) is 7.11 Å². The Bertz CT molecular complexity index is 581. The van der Waals surface area contributed by atoms with Gasteiger partial charge in [0.2, 0.25) is 5.91 Å². The highest BCUT2D eigenvalue weighted by molar-refractivity contribution is 5.78. The van der Waals surface area contributed by atoms with Gasteiger partial charge in [0.05, 0.1) is 19.7 Å². The maximum atomic E-state index is 12.5. The van der Waals surface area contributed by atoms with Crippen molar-refractivity contribution >= 4 is 5.91 Å². The van der Waals surface area contributed by atoms with Crippen LogP contribution in [0.2, 0.25) is 0 Å². The number of benzene rings is 1. The minimum Gasteiger partial charge on any atom is -0.496 e. The number of ether oxygens (including phenoxy) is 1. The van der Waals surface area contributed by atoms with Crippen LogP contribution in [0.1, 0.15) is 58.1 Å². The molecule has 2 rings (SSSR count). The number of nitrogens with zero attached hydrogens (tertiary/aromatic N) is 2. The molecule has 1 fully saturated rings. The summed E-state index contributed by atoms with van der Waals surface area (Å²) in [4.78, 5) is 17.3. The third kappa shape index (κ3) is 7.10. The van der Waals surface area contributed by atoms with E-state index in [0.717, 1.165) is 43.4 Å². The van der Waals surface area contributed by atoms with E-state index in [0.29, 0.717) is 6.54 Å². The van der Waals surface area contributed by atoms with Crippen molar-refractivity contribution in [2.75, 3.05) is 46.4 Å². The first-order valence-electron chi connectivity index (χ1n) is 10.9. The normalized spacial score (nSPS) is 16.9. The highest BCUT2D eigenvalue weighted by Gasteiger charge is 2.22. The minimum absolute atomic E-state index is 0.0544. The Labute approximate surface area is 171 Å². The van der Waals surface area contributed by atoms with Crippen LogP contribution in [-0.4, -0.2) is 62.1 Å². The van der Waals surface area contributed by atoms with Gasteiger partial charge in [0, 0.05) is 5.56 Å². The molecule has 158 valence electrons.